The van der Waals surface area contributed by atoms with E-state index < -0.39 is 29.9 Å². The van der Waals surface area contributed by atoms with Crippen molar-refractivity contribution in [2.75, 3.05) is 11.9 Å². The second kappa shape index (κ2) is 7.58. The van der Waals surface area contributed by atoms with E-state index in [-0.39, 0.29) is 10.8 Å². The number of urea groups is 1. The molecule has 2 N–H and O–H groups in total. The third-order valence-electron chi connectivity index (χ3n) is 4.36. The zero-order valence-electron chi connectivity index (χ0n) is 14.8. The van der Waals surface area contributed by atoms with Crippen molar-refractivity contribution in [3.63, 3.8) is 0 Å². The summed E-state index contributed by atoms with van der Waals surface area (Å²) in [5.74, 6) is -1.08. The van der Waals surface area contributed by atoms with Crippen molar-refractivity contribution in [2.45, 2.75) is 19.4 Å². The summed E-state index contributed by atoms with van der Waals surface area (Å²) in [6.45, 7) is 2.73. The predicted molar refractivity (Wildman–Crippen MR) is 107 cm³/mol. The van der Waals surface area contributed by atoms with Crippen LogP contribution in [0.4, 0.5) is 10.6 Å². The van der Waals surface area contributed by atoms with Gasteiger partial charge in [-0.25, -0.2) is 9.78 Å². The van der Waals surface area contributed by atoms with Gasteiger partial charge in [0.1, 0.15) is 12.1 Å². The molecule has 0 spiro atoms. The minimum Gasteiger partial charge on any atom is -0.319 e. The lowest BCUT2D eigenvalue weighted by Crippen LogP contribution is -2.42. The summed E-state index contributed by atoms with van der Waals surface area (Å²) in [6.07, 6.45) is 0. The van der Waals surface area contributed by atoms with Gasteiger partial charge in [0.2, 0.25) is 5.91 Å². The standard InChI is InChI=1S/C18H15Cl3N4O3/c1-9-12(20)7-13(21)15(22-9)23-14(26)8-25-16(27)18(2,24-17(25)28)10-3-5-11(19)6-4-10/h3-7H,8H2,1-2H3,(H,24,28)(H,22,23,26). The van der Waals surface area contributed by atoms with Crippen molar-refractivity contribution in [1.82, 2.24) is 15.2 Å². The number of halogens is 3. The molecule has 1 aromatic carbocycles. The van der Waals surface area contributed by atoms with Crippen molar-refractivity contribution in [2.24, 2.45) is 0 Å². The van der Waals surface area contributed by atoms with Crippen LogP contribution in [0.3, 0.4) is 0 Å². The molecule has 1 saturated heterocycles. The number of amides is 4. The van der Waals surface area contributed by atoms with Gasteiger partial charge in [-0.05, 0) is 37.6 Å². The summed E-state index contributed by atoms with van der Waals surface area (Å²) in [6, 6.07) is 7.30. The van der Waals surface area contributed by atoms with Crippen LogP contribution in [0, 0.1) is 6.92 Å². The monoisotopic (exact) mass is 440 g/mol. The van der Waals surface area contributed by atoms with Crippen molar-refractivity contribution < 1.29 is 14.4 Å². The Hall–Kier alpha value is -2.35. The van der Waals surface area contributed by atoms with E-state index in [0.29, 0.717) is 21.3 Å². The minimum atomic E-state index is -1.30. The summed E-state index contributed by atoms with van der Waals surface area (Å²) >= 11 is 17.8. The molecule has 3 rings (SSSR count). The van der Waals surface area contributed by atoms with Crippen LogP contribution in [0.1, 0.15) is 18.2 Å². The molecular weight excluding hydrogens is 427 g/mol. The van der Waals surface area contributed by atoms with Gasteiger partial charge < -0.3 is 10.6 Å². The number of nitrogens with zero attached hydrogens (tertiary/aromatic N) is 2. The van der Waals surface area contributed by atoms with Gasteiger partial charge in [0.05, 0.1) is 15.7 Å². The highest BCUT2D eigenvalue weighted by molar-refractivity contribution is 6.36. The molecule has 1 aliphatic heterocycles. The van der Waals surface area contributed by atoms with Crippen LogP contribution < -0.4 is 10.6 Å². The Bertz CT molecular complexity index is 981. The second-order valence-corrected chi connectivity index (χ2v) is 7.64. The number of pyridine rings is 1. The highest BCUT2D eigenvalue weighted by atomic mass is 35.5. The zero-order chi connectivity index (χ0) is 20.6. The molecule has 28 heavy (non-hydrogen) atoms. The number of carbonyl (C=O) groups is 3. The summed E-state index contributed by atoms with van der Waals surface area (Å²) in [4.78, 5) is 42.5. The maximum atomic E-state index is 12.8. The zero-order valence-corrected chi connectivity index (χ0v) is 17.1. The number of aryl methyl sites for hydroxylation is 1. The quantitative estimate of drug-likeness (QED) is 0.707. The minimum absolute atomic E-state index is 0.0982. The molecule has 4 amide bonds. The number of imide groups is 1. The summed E-state index contributed by atoms with van der Waals surface area (Å²) < 4.78 is 0. The average Bonchev–Trinajstić information content (AvgIpc) is 2.84. The third kappa shape index (κ3) is 3.78. The Morgan fingerprint density at radius 1 is 1.18 bits per heavy atom. The predicted octanol–water partition coefficient (Wildman–Crippen LogP) is 3.76. The number of carbonyl (C=O) groups excluding carboxylic acids is 3. The van der Waals surface area contributed by atoms with Gasteiger partial charge in [0.15, 0.2) is 5.82 Å². The Morgan fingerprint density at radius 3 is 2.46 bits per heavy atom. The van der Waals surface area contributed by atoms with Gasteiger partial charge in [-0.3, -0.25) is 14.5 Å². The molecule has 0 saturated carbocycles. The molecule has 2 heterocycles. The lowest BCUT2D eigenvalue weighted by atomic mass is 9.92. The van der Waals surface area contributed by atoms with Crippen molar-refractivity contribution in [3.8, 4) is 0 Å². The molecule has 7 nitrogen and oxygen atoms in total. The Balaban J connectivity index is 1.76. The fourth-order valence-corrected chi connectivity index (χ4v) is 3.31. The molecule has 146 valence electrons. The fourth-order valence-electron chi connectivity index (χ4n) is 2.78. The second-order valence-electron chi connectivity index (χ2n) is 6.39. The lowest BCUT2D eigenvalue weighted by molar-refractivity contribution is -0.133. The summed E-state index contributed by atoms with van der Waals surface area (Å²) in [5, 5.41) is 6.11. The van der Waals surface area contributed by atoms with Crippen LogP contribution in [0.5, 0.6) is 0 Å². The molecule has 1 atom stereocenters. The van der Waals surface area contributed by atoms with Gasteiger partial charge in [-0.1, -0.05) is 46.9 Å². The number of benzene rings is 1. The molecule has 0 bridgehead atoms. The molecule has 1 unspecified atom stereocenters. The first-order valence-electron chi connectivity index (χ1n) is 8.14. The molecule has 1 fully saturated rings. The van der Waals surface area contributed by atoms with Gasteiger partial charge in [-0.15, -0.1) is 0 Å². The average molecular weight is 442 g/mol. The van der Waals surface area contributed by atoms with Crippen LogP contribution in [0.25, 0.3) is 0 Å². The molecule has 10 heteroatoms. The van der Waals surface area contributed by atoms with Crippen LogP contribution in [-0.2, 0) is 15.1 Å². The molecule has 0 aliphatic carbocycles. The molecule has 1 aliphatic rings. The van der Waals surface area contributed by atoms with Crippen molar-refractivity contribution >= 4 is 58.5 Å². The van der Waals surface area contributed by atoms with E-state index >= 15 is 0 Å². The van der Waals surface area contributed by atoms with Crippen LogP contribution in [0.15, 0.2) is 30.3 Å². The number of rotatable bonds is 4. The van der Waals surface area contributed by atoms with E-state index in [1.165, 1.54) is 6.07 Å². The smallest absolute Gasteiger partial charge is 0.319 e. The molecule has 2 aromatic rings. The van der Waals surface area contributed by atoms with Gasteiger partial charge in [-0.2, -0.15) is 0 Å². The number of hydrogen-bond donors (Lipinski definition) is 2. The van der Waals surface area contributed by atoms with Crippen LogP contribution >= 0.6 is 34.8 Å². The van der Waals surface area contributed by atoms with E-state index in [1.807, 2.05) is 0 Å². The van der Waals surface area contributed by atoms with Crippen molar-refractivity contribution in [1.29, 1.82) is 0 Å². The normalized spacial score (nSPS) is 19.0. The van der Waals surface area contributed by atoms with E-state index in [2.05, 4.69) is 15.6 Å². The number of aromatic nitrogens is 1. The molecular formula is C18H15Cl3N4O3. The molecule has 1 aromatic heterocycles. The first kappa shape index (κ1) is 20.4. The number of anilines is 1. The maximum absolute atomic E-state index is 12.8. The topological polar surface area (TPSA) is 91.4 Å². The fraction of sp³-hybridized carbons (Fsp3) is 0.222. The number of nitrogens with one attached hydrogen (secondary N) is 2. The largest absolute Gasteiger partial charge is 0.325 e. The van der Waals surface area contributed by atoms with E-state index in [4.69, 9.17) is 34.8 Å². The lowest BCUT2D eigenvalue weighted by Gasteiger charge is -2.22. The number of hydrogen-bond acceptors (Lipinski definition) is 4. The third-order valence-corrected chi connectivity index (χ3v) is 5.28. The van der Waals surface area contributed by atoms with Crippen LogP contribution in [-0.4, -0.2) is 34.3 Å². The van der Waals surface area contributed by atoms with Crippen LogP contribution in [0.2, 0.25) is 15.1 Å². The van der Waals surface area contributed by atoms with Crippen molar-refractivity contribution in [3.05, 3.63) is 56.7 Å². The van der Waals surface area contributed by atoms with E-state index in [1.54, 1.807) is 38.1 Å². The first-order valence-corrected chi connectivity index (χ1v) is 9.28. The van der Waals surface area contributed by atoms with E-state index in [9.17, 15) is 14.4 Å². The summed E-state index contributed by atoms with van der Waals surface area (Å²) in [7, 11) is 0. The Morgan fingerprint density at radius 2 is 1.82 bits per heavy atom. The van der Waals surface area contributed by atoms with E-state index in [0.717, 1.165) is 4.90 Å². The highest BCUT2D eigenvalue weighted by Gasteiger charge is 2.49. The van der Waals surface area contributed by atoms with Gasteiger partial charge >= 0.3 is 6.03 Å². The summed E-state index contributed by atoms with van der Waals surface area (Å²) in [5.41, 5.74) is -0.266. The Labute approximate surface area is 176 Å². The van der Waals surface area contributed by atoms with Gasteiger partial charge in [0, 0.05) is 5.02 Å². The maximum Gasteiger partial charge on any atom is 0.325 e. The molecule has 0 radical (unpaired) electrons. The van der Waals surface area contributed by atoms with Gasteiger partial charge in [0.25, 0.3) is 5.91 Å². The first-order chi connectivity index (χ1) is 13.1. The Kier molecular flexibility index (Phi) is 5.52. The SMILES string of the molecule is Cc1nc(NC(=O)CN2C(=O)NC(C)(c3ccc(Cl)cc3)C2=O)c(Cl)cc1Cl. The highest BCUT2D eigenvalue weighted by Crippen LogP contribution is 2.30.